The van der Waals surface area contributed by atoms with Crippen LogP contribution in [-0.4, -0.2) is 50.0 Å². The Labute approximate surface area is 245 Å². The first kappa shape index (κ1) is 30.6. The number of amides is 2. The van der Waals surface area contributed by atoms with Gasteiger partial charge in [0.1, 0.15) is 12.6 Å². The molecule has 208 valence electrons. The third-order valence-electron chi connectivity index (χ3n) is 6.67. The van der Waals surface area contributed by atoms with E-state index in [0.717, 1.165) is 37.2 Å². The SMILES string of the molecule is CCC(C)NC(=O)C(Cc1ccccc1)N(Cc1ccccc1C)C(=O)CN(c1ccc(I)cc1)S(C)(=O)=O. The third-order valence-corrected chi connectivity index (χ3v) is 8.53. The molecule has 9 heteroatoms. The minimum Gasteiger partial charge on any atom is -0.352 e. The van der Waals surface area contributed by atoms with E-state index in [1.165, 1.54) is 4.90 Å². The van der Waals surface area contributed by atoms with Crippen LogP contribution >= 0.6 is 22.6 Å². The van der Waals surface area contributed by atoms with Gasteiger partial charge in [0.2, 0.25) is 21.8 Å². The standard InChI is InChI=1S/C30H36IN3O4S/c1-5-23(3)32-30(36)28(19-24-12-7-6-8-13-24)33(20-25-14-10-9-11-22(25)2)29(35)21-34(39(4,37)38)27-17-15-26(31)16-18-27/h6-18,23,28H,5,19-21H2,1-4H3,(H,32,36). The number of aryl methyl sites for hydroxylation is 1. The fourth-order valence-corrected chi connectivity index (χ4v) is 5.40. The van der Waals surface area contributed by atoms with E-state index in [2.05, 4.69) is 27.9 Å². The molecule has 2 amide bonds. The predicted octanol–water partition coefficient (Wildman–Crippen LogP) is 4.92. The van der Waals surface area contributed by atoms with Crippen LogP contribution in [-0.2, 0) is 32.6 Å². The quantitative estimate of drug-likeness (QED) is 0.280. The van der Waals surface area contributed by atoms with E-state index in [-0.39, 0.29) is 18.5 Å². The fourth-order valence-electron chi connectivity index (χ4n) is 4.19. The van der Waals surface area contributed by atoms with Gasteiger partial charge in [0.05, 0.1) is 11.9 Å². The summed E-state index contributed by atoms with van der Waals surface area (Å²) in [6, 6.07) is 23.3. The van der Waals surface area contributed by atoms with E-state index in [1.54, 1.807) is 24.3 Å². The Bertz CT molecular complexity index is 1360. The van der Waals surface area contributed by atoms with Gasteiger partial charge >= 0.3 is 0 Å². The summed E-state index contributed by atoms with van der Waals surface area (Å²) in [7, 11) is -3.79. The molecule has 1 N–H and O–H groups in total. The molecule has 2 unspecified atom stereocenters. The Balaban J connectivity index is 2.06. The van der Waals surface area contributed by atoms with Gasteiger partial charge in [-0.1, -0.05) is 61.5 Å². The molecule has 0 radical (unpaired) electrons. The molecule has 0 bridgehead atoms. The van der Waals surface area contributed by atoms with Crippen molar-refractivity contribution in [1.29, 1.82) is 0 Å². The van der Waals surface area contributed by atoms with Crippen LogP contribution in [0.4, 0.5) is 5.69 Å². The number of sulfonamides is 1. The Morgan fingerprint density at radius 2 is 1.56 bits per heavy atom. The largest absolute Gasteiger partial charge is 0.352 e. The molecular formula is C30H36IN3O4S. The van der Waals surface area contributed by atoms with E-state index in [1.807, 2.05) is 75.4 Å². The first-order chi connectivity index (χ1) is 18.5. The molecule has 0 heterocycles. The van der Waals surface area contributed by atoms with Crippen molar-refractivity contribution in [3.05, 3.63) is 99.1 Å². The zero-order valence-electron chi connectivity index (χ0n) is 22.8. The van der Waals surface area contributed by atoms with E-state index < -0.39 is 28.5 Å². The molecule has 0 aliphatic rings. The number of halogens is 1. The summed E-state index contributed by atoms with van der Waals surface area (Å²) >= 11 is 2.14. The summed E-state index contributed by atoms with van der Waals surface area (Å²) in [5, 5.41) is 3.04. The zero-order chi connectivity index (χ0) is 28.6. The number of hydrogen-bond donors (Lipinski definition) is 1. The molecule has 0 aromatic heterocycles. The minimum absolute atomic E-state index is 0.0782. The van der Waals surface area contributed by atoms with Crippen LogP contribution in [0.25, 0.3) is 0 Å². The van der Waals surface area contributed by atoms with Crippen molar-refractivity contribution in [3.63, 3.8) is 0 Å². The van der Waals surface area contributed by atoms with Gasteiger partial charge in [-0.2, -0.15) is 0 Å². The van der Waals surface area contributed by atoms with Crippen LogP contribution < -0.4 is 9.62 Å². The van der Waals surface area contributed by atoms with Crippen LogP contribution in [0.2, 0.25) is 0 Å². The van der Waals surface area contributed by atoms with Gasteiger partial charge < -0.3 is 10.2 Å². The van der Waals surface area contributed by atoms with Gasteiger partial charge in [0, 0.05) is 22.6 Å². The molecule has 3 aromatic carbocycles. The number of rotatable bonds is 12. The topological polar surface area (TPSA) is 86.8 Å². The molecule has 3 rings (SSSR count). The van der Waals surface area contributed by atoms with Crippen molar-refractivity contribution >= 4 is 50.1 Å². The maximum Gasteiger partial charge on any atom is 0.244 e. The number of nitrogens with one attached hydrogen (secondary N) is 1. The van der Waals surface area contributed by atoms with Gasteiger partial charge in [-0.15, -0.1) is 0 Å². The third kappa shape index (κ3) is 8.79. The van der Waals surface area contributed by atoms with Gasteiger partial charge in [-0.05, 0) is 83.8 Å². The zero-order valence-corrected chi connectivity index (χ0v) is 25.8. The molecular weight excluding hydrogens is 625 g/mol. The Kier molecular flexibility index (Phi) is 10.9. The summed E-state index contributed by atoms with van der Waals surface area (Å²) in [6.45, 7) is 5.61. The van der Waals surface area contributed by atoms with E-state index in [9.17, 15) is 18.0 Å². The van der Waals surface area contributed by atoms with Gasteiger partial charge in [0.25, 0.3) is 0 Å². The molecule has 7 nitrogen and oxygen atoms in total. The summed E-state index contributed by atoms with van der Waals surface area (Å²) < 4.78 is 27.7. The summed E-state index contributed by atoms with van der Waals surface area (Å²) in [6.07, 6.45) is 2.12. The lowest BCUT2D eigenvalue weighted by Gasteiger charge is -2.34. The number of nitrogens with zero attached hydrogens (tertiary/aromatic N) is 2. The highest BCUT2D eigenvalue weighted by Crippen LogP contribution is 2.22. The summed E-state index contributed by atoms with van der Waals surface area (Å²) in [5.41, 5.74) is 3.17. The van der Waals surface area contributed by atoms with Crippen molar-refractivity contribution < 1.29 is 18.0 Å². The van der Waals surface area contributed by atoms with Crippen LogP contribution in [0, 0.1) is 10.5 Å². The van der Waals surface area contributed by atoms with Crippen molar-refractivity contribution in [2.24, 2.45) is 0 Å². The maximum absolute atomic E-state index is 14.1. The molecule has 39 heavy (non-hydrogen) atoms. The molecule has 0 fully saturated rings. The molecule has 0 spiro atoms. The lowest BCUT2D eigenvalue weighted by atomic mass is 10.0. The second-order valence-corrected chi connectivity index (χ2v) is 12.9. The molecule has 0 saturated heterocycles. The van der Waals surface area contributed by atoms with Gasteiger partial charge in [-0.25, -0.2) is 8.42 Å². The first-order valence-electron chi connectivity index (χ1n) is 12.9. The Morgan fingerprint density at radius 3 is 2.15 bits per heavy atom. The highest BCUT2D eigenvalue weighted by Gasteiger charge is 2.33. The van der Waals surface area contributed by atoms with Crippen LogP contribution in [0.15, 0.2) is 78.9 Å². The second kappa shape index (κ2) is 13.9. The minimum atomic E-state index is -3.79. The van der Waals surface area contributed by atoms with E-state index in [0.29, 0.717) is 12.1 Å². The lowest BCUT2D eigenvalue weighted by molar-refractivity contribution is -0.140. The van der Waals surface area contributed by atoms with Gasteiger partial charge in [-0.3, -0.25) is 13.9 Å². The lowest BCUT2D eigenvalue weighted by Crippen LogP contribution is -2.54. The summed E-state index contributed by atoms with van der Waals surface area (Å²) in [4.78, 5) is 29.3. The van der Waals surface area contributed by atoms with Crippen LogP contribution in [0.1, 0.15) is 37.0 Å². The number of carbonyl (C=O) groups excluding carboxylic acids is 2. The molecule has 0 aliphatic heterocycles. The van der Waals surface area contributed by atoms with Crippen molar-refractivity contribution in [2.75, 3.05) is 17.1 Å². The molecule has 3 aromatic rings. The van der Waals surface area contributed by atoms with E-state index >= 15 is 0 Å². The first-order valence-corrected chi connectivity index (χ1v) is 15.8. The molecule has 0 aliphatic carbocycles. The Morgan fingerprint density at radius 1 is 0.949 bits per heavy atom. The number of hydrogen-bond acceptors (Lipinski definition) is 4. The van der Waals surface area contributed by atoms with E-state index in [4.69, 9.17) is 0 Å². The maximum atomic E-state index is 14.1. The number of benzene rings is 3. The average molecular weight is 662 g/mol. The number of anilines is 1. The Hall–Kier alpha value is -2.92. The van der Waals surface area contributed by atoms with Crippen molar-refractivity contribution in [3.8, 4) is 0 Å². The highest BCUT2D eigenvalue weighted by atomic mass is 127. The highest BCUT2D eigenvalue weighted by molar-refractivity contribution is 14.1. The van der Waals surface area contributed by atoms with Gasteiger partial charge in [0.15, 0.2) is 0 Å². The molecule has 0 saturated carbocycles. The van der Waals surface area contributed by atoms with Crippen LogP contribution in [0.5, 0.6) is 0 Å². The normalized spacial score (nSPS) is 12.8. The van der Waals surface area contributed by atoms with Crippen molar-refractivity contribution in [1.82, 2.24) is 10.2 Å². The number of carbonyl (C=O) groups is 2. The van der Waals surface area contributed by atoms with Crippen molar-refractivity contribution in [2.45, 2.75) is 52.2 Å². The second-order valence-electron chi connectivity index (χ2n) is 9.72. The fraction of sp³-hybridized carbons (Fsp3) is 0.333. The van der Waals surface area contributed by atoms with Crippen LogP contribution in [0.3, 0.4) is 0 Å². The molecule has 2 atom stereocenters. The monoisotopic (exact) mass is 661 g/mol. The smallest absolute Gasteiger partial charge is 0.244 e. The summed E-state index contributed by atoms with van der Waals surface area (Å²) in [5.74, 6) is -0.724. The predicted molar refractivity (Wildman–Crippen MR) is 165 cm³/mol. The average Bonchev–Trinajstić information content (AvgIpc) is 2.90.